The van der Waals surface area contributed by atoms with E-state index < -0.39 is 18.0 Å². The first-order valence-corrected chi connectivity index (χ1v) is 6.29. The van der Waals surface area contributed by atoms with E-state index >= 15 is 0 Å². The molecule has 110 valence electrons. The topological polar surface area (TPSA) is 103 Å². The van der Waals surface area contributed by atoms with Gasteiger partial charge in [0.05, 0.1) is 0 Å². The van der Waals surface area contributed by atoms with Gasteiger partial charge in [0.2, 0.25) is 0 Å². The number of aliphatic hydroxyl groups is 1. The minimum Gasteiger partial charge on any atom is -0.480 e. The lowest BCUT2D eigenvalue weighted by molar-refractivity contribution is -0.139. The highest BCUT2D eigenvalue weighted by Gasteiger charge is 2.20. The molecule has 0 radical (unpaired) electrons. The van der Waals surface area contributed by atoms with Crippen LogP contribution in [0.5, 0.6) is 0 Å². The molecule has 0 aliphatic rings. The van der Waals surface area contributed by atoms with Gasteiger partial charge in [-0.1, -0.05) is 6.07 Å². The van der Waals surface area contributed by atoms with E-state index in [1.54, 1.807) is 13.2 Å². The first-order chi connectivity index (χ1) is 9.54. The maximum absolute atomic E-state index is 11.8. The molecule has 0 spiro atoms. The molecule has 0 aromatic carbocycles. The summed E-state index contributed by atoms with van der Waals surface area (Å²) in [6, 6.07) is 3.97. The number of aliphatic carboxylic acids is 1. The summed E-state index contributed by atoms with van der Waals surface area (Å²) in [6.45, 7) is 0.128. The first kappa shape index (κ1) is 15.9. The summed E-state index contributed by atoms with van der Waals surface area (Å²) < 4.78 is 0. The Morgan fingerprint density at radius 1 is 1.45 bits per heavy atom. The van der Waals surface area contributed by atoms with E-state index in [-0.39, 0.29) is 13.0 Å². The summed E-state index contributed by atoms with van der Waals surface area (Å²) >= 11 is 0. The van der Waals surface area contributed by atoms with Crippen LogP contribution in [0.1, 0.15) is 12.1 Å². The number of urea groups is 1. The number of hydrogen-bond donors (Lipinski definition) is 3. The maximum Gasteiger partial charge on any atom is 0.326 e. The Kier molecular flexibility index (Phi) is 6.45. The number of nitrogens with zero attached hydrogens (tertiary/aromatic N) is 2. The molecule has 1 atom stereocenters. The second-order valence-electron chi connectivity index (χ2n) is 4.35. The van der Waals surface area contributed by atoms with Crippen molar-refractivity contribution in [1.82, 2.24) is 15.2 Å². The van der Waals surface area contributed by atoms with Crippen LogP contribution in [0, 0.1) is 0 Å². The lowest BCUT2D eigenvalue weighted by Gasteiger charge is -2.20. The number of carboxylic acids is 1. The molecule has 2 amide bonds. The van der Waals surface area contributed by atoms with Crippen molar-refractivity contribution < 1.29 is 19.8 Å². The van der Waals surface area contributed by atoms with Gasteiger partial charge in [0.15, 0.2) is 0 Å². The van der Waals surface area contributed by atoms with Crippen molar-refractivity contribution in [2.24, 2.45) is 0 Å². The highest BCUT2D eigenvalue weighted by Crippen LogP contribution is 1.98. The van der Waals surface area contributed by atoms with Crippen LogP contribution in [0.3, 0.4) is 0 Å². The molecule has 0 aliphatic heterocycles. The number of likely N-dealkylation sites (N-methyl/N-ethyl adjacent to an activating group) is 1. The van der Waals surface area contributed by atoms with Crippen LogP contribution in [0.2, 0.25) is 0 Å². The second-order valence-corrected chi connectivity index (χ2v) is 4.35. The zero-order chi connectivity index (χ0) is 15.0. The van der Waals surface area contributed by atoms with E-state index in [0.717, 1.165) is 5.69 Å². The van der Waals surface area contributed by atoms with Crippen LogP contribution >= 0.6 is 0 Å². The third-order valence-corrected chi connectivity index (χ3v) is 2.79. The zero-order valence-electron chi connectivity index (χ0n) is 11.3. The average Bonchev–Trinajstić information content (AvgIpc) is 2.45. The van der Waals surface area contributed by atoms with Crippen molar-refractivity contribution in [3.63, 3.8) is 0 Å². The monoisotopic (exact) mass is 281 g/mol. The molecule has 0 unspecified atom stereocenters. The maximum atomic E-state index is 11.8. The summed E-state index contributed by atoms with van der Waals surface area (Å²) in [7, 11) is 1.58. The van der Waals surface area contributed by atoms with E-state index in [2.05, 4.69) is 10.3 Å². The van der Waals surface area contributed by atoms with Gasteiger partial charge >= 0.3 is 12.0 Å². The molecule has 7 nitrogen and oxygen atoms in total. The summed E-state index contributed by atoms with van der Waals surface area (Å²) in [6.07, 6.45) is 2.24. The van der Waals surface area contributed by atoms with Gasteiger partial charge in [-0.05, 0) is 12.1 Å². The number of carboxylic acid groups (broad SMARTS) is 1. The Balaban J connectivity index is 2.44. The largest absolute Gasteiger partial charge is 0.480 e. The summed E-state index contributed by atoms with van der Waals surface area (Å²) in [5.74, 6) is -1.16. The number of rotatable bonds is 7. The number of carbonyl (C=O) groups is 2. The van der Waals surface area contributed by atoms with Gasteiger partial charge in [-0.25, -0.2) is 9.59 Å². The van der Waals surface area contributed by atoms with Crippen molar-refractivity contribution >= 4 is 12.0 Å². The number of aliphatic hydroxyl groups excluding tert-OH is 1. The number of aromatic nitrogens is 1. The predicted octanol–water partition coefficient (Wildman–Crippen LogP) is 0.101. The zero-order valence-corrected chi connectivity index (χ0v) is 11.3. The van der Waals surface area contributed by atoms with Gasteiger partial charge in [-0.3, -0.25) is 4.98 Å². The predicted molar refractivity (Wildman–Crippen MR) is 72.2 cm³/mol. The third kappa shape index (κ3) is 5.23. The SMILES string of the molecule is CN(CCc1ccccn1)C(=O)N[C@@H](CCO)C(=O)O. The molecule has 1 aromatic rings. The summed E-state index contributed by atoms with van der Waals surface area (Å²) in [5, 5.41) is 20.0. The quantitative estimate of drug-likeness (QED) is 0.658. The minimum atomic E-state index is -1.16. The molecule has 0 fully saturated rings. The molecule has 1 rings (SSSR count). The van der Waals surface area contributed by atoms with Crippen molar-refractivity contribution in [3.8, 4) is 0 Å². The van der Waals surface area contributed by atoms with Gasteiger partial charge < -0.3 is 20.4 Å². The molecule has 3 N–H and O–H groups in total. The molecule has 20 heavy (non-hydrogen) atoms. The number of pyridine rings is 1. The molecular formula is C13H19N3O4. The number of nitrogens with one attached hydrogen (secondary N) is 1. The number of amides is 2. The number of hydrogen-bond acceptors (Lipinski definition) is 4. The Morgan fingerprint density at radius 2 is 2.20 bits per heavy atom. The highest BCUT2D eigenvalue weighted by molar-refractivity contribution is 5.82. The van der Waals surface area contributed by atoms with Gasteiger partial charge in [0.1, 0.15) is 6.04 Å². The van der Waals surface area contributed by atoms with E-state index in [1.807, 2.05) is 18.2 Å². The lowest BCUT2D eigenvalue weighted by atomic mass is 10.2. The molecular weight excluding hydrogens is 262 g/mol. The van der Waals surface area contributed by atoms with E-state index in [4.69, 9.17) is 10.2 Å². The van der Waals surface area contributed by atoms with Crippen LogP contribution in [0.15, 0.2) is 24.4 Å². The van der Waals surface area contributed by atoms with Crippen molar-refractivity contribution in [2.75, 3.05) is 20.2 Å². The van der Waals surface area contributed by atoms with E-state index in [1.165, 1.54) is 4.90 Å². The van der Waals surface area contributed by atoms with Gasteiger partial charge in [-0.2, -0.15) is 0 Å². The normalized spacial score (nSPS) is 11.7. The lowest BCUT2D eigenvalue weighted by Crippen LogP contribution is -2.47. The van der Waals surface area contributed by atoms with E-state index in [9.17, 15) is 9.59 Å². The Bertz CT molecular complexity index is 439. The standard InChI is InChI=1S/C13H19N3O4/c1-16(8-5-10-4-2-3-7-14-10)13(20)15-11(6-9-17)12(18)19/h2-4,7,11,17H,5-6,8-9H2,1H3,(H,15,20)(H,18,19)/t11-/m0/s1. The number of carbonyl (C=O) groups excluding carboxylic acids is 1. The fraction of sp³-hybridized carbons (Fsp3) is 0.462. The summed E-state index contributed by atoms with van der Waals surface area (Å²) in [4.78, 5) is 28.2. The van der Waals surface area contributed by atoms with E-state index in [0.29, 0.717) is 13.0 Å². The average molecular weight is 281 g/mol. The fourth-order valence-electron chi connectivity index (χ4n) is 1.58. The van der Waals surface area contributed by atoms with Gasteiger partial charge in [0.25, 0.3) is 0 Å². The van der Waals surface area contributed by atoms with Crippen LogP contribution in [0.25, 0.3) is 0 Å². The van der Waals surface area contributed by atoms with Crippen LogP contribution in [0.4, 0.5) is 4.79 Å². The van der Waals surface area contributed by atoms with Crippen molar-refractivity contribution in [3.05, 3.63) is 30.1 Å². The van der Waals surface area contributed by atoms with Crippen LogP contribution < -0.4 is 5.32 Å². The Hall–Kier alpha value is -2.15. The Labute approximate surface area is 117 Å². The third-order valence-electron chi connectivity index (χ3n) is 2.79. The minimum absolute atomic E-state index is 0.0187. The summed E-state index contributed by atoms with van der Waals surface area (Å²) in [5.41, 5.74) is 0.859. The molecule has 1 heterocycles. The molecule has 0 aliphatic carbocycles. The molecule has 0 bridgehead atoms. The van der Waals surface area contributed by atoms with Crippen molar-refractivity contribution in [1.29, 1.82) is 0 Å². The molecule has 0 saturated carbocycles. The smallest absolute Gasteiger partial charge is 0.326 e. The van der Waals surface area contributed by atoms with Crippen molar-refractivity contribution in [2.45, 2.75) is 18.9 Å². The van der Waals surface area contributed by atoms with Gasteiger partial charge in [-0.15, -0.1) is 0 Å². The first-order valence-electron chi connectivity index (χ1n) is 6.29. The molecule has 7 heteroatoms. The van der Waals surface area contributed by atoms with Crippen LogP contribution in [-0.4, -0.2) is 58.3 Å². The molecule has 1 aromatic heterocycles. The van der Waals surface area contributed by atoms with Gasteiger partial charge in [0, 0.05) is 44.9 Å². The van der Waals surface area contributed by atoms with Crippen LogP contribution in [-0.2, 0) is 11.2 Å². The molecule has 0 saturated heterocycles. The highest BCUT2D eigenvalue weighted by atomic mass is 16.4. The Morgan fingerprint density at radius 3 is 2.75 bits per heavy atom. The fourth-order valence-corrected chi connectivity index (χ4v) is 1.58. The second kappa shape index (κ2) is 8.11.